The SMILES string of the molecule is CC1CC1CC(C(=O)Nc1ccc(C(=O)O)cc1)c1ccc(-c2c(C(F)F)ccc(Cl)c2F)c[n+]1[O-]. The van der Waals surface area contributed by atoms with Crippen LogP contribution in [0.2, 0.25) is 5.02 Å². The number of aromatic nitrogens is 1. The average molecular weight is 519 g/mol. The number of carbonyl (C=O) groups excluding carboxylic acids is 1. The van der Waals surface area contributed by atoms with Crippen molar-refractivity contribution in [2.24, 2.45) is 11.8 Å². The molecule has 3 unspecified atom stereocenters. The van der Waals surface area contributed by atoms with Gasteiger partial charge in [-0.1, -0.05) is 24.6 Å². The molecule has 1 aliphatic carbocycles. The number of carboxylic acid groups (broad SMARTS) is 1. The summed E-state index contributed by atoms with van der Waals surface area (Å²) in [5, 5.41) is 24.4. The zero-order valence-corrected chi connectivity index (χ0v) is 19.8. The molecule has 0 aliphatic heterocycles. The Labute approximate surface area is 209 Å². The third kappa shape index (κ3) is 5.31. The van der Waals surface area contributed by atoms with Crippen molar-refractivity contribution < 1.29 is 32.6 Å². The van der Waals surface area contributed by atoms with Gasteiger partial charge in [0.15, 0.2) is 6.20 Å². The molecule has 1 aliphatic rings. The summed E-state index contributed by atoms with van der Waals surface area (Å²) in [4.78, 5) is 24.2. The number of pyridine rings is 1. The summed E-state index contributed by atoms with van der Waals surface area (Å²) in [7, 11) is 0. The number of benzene rings is 2. The van der Waals surface area contributed by atoms with Gasteiger partial charge in [0.25, 0.3) is 6.43 Å². The molecule has 3 atom stereocenters. The van der Waals surface area contributed by atoms with Crippen LogP contribution in [0.1, 0.15) is 53.7 Å². The monoisotopic (exact) mass is 518 g/mol. The molecule has 36 heavy (non-hydrogen) atoms. The van der Waals surface area contributed by atoms with Crippen molar-refractivity contribution >= 4 is 29.2 Å². The maximum absolute atomic E-state index is 14.7. The summed E-state index contributed by atoms with van der Waals surface area (Å²) in [6.45, 7) is 2.03. The third-order valence-corrected chi connectivity index (χ3v) is 6.77. The van der Waals surface area contributed by atoms with E-state index in [2.05, 4.69) is 5.32 Å². The summed E-state index contributed by atoms with van der Waals surface area (Å²) >= 11 is 5.80. The van der Waals surface area contributed by atoms with Crippen LogP contribution in [0.4, 0.5) is 18.9 Å². The highest BCUT2D eigenvalue weighted by Crippen LogP contribution is 2.45. The minimum atomic E-state index is -2.99. The molecule has 2 N–H and O–H groups in total. The molecule has 6 nitrogen and oxygen atoms in total. The Hall–Kier alpha value is -3.59. The number of hydrogen-bond acceptors (Lipinski definition) is 3. The van der Waals surface area contributed by atoms with Crippen molar-refractivity contribution in [3.05, 3.63) is 87.6 Å². The summed E-state index contributed by atoms with van der Waals surface area (Å²) in [6, 6.07) is 10.3. The van der Waals surface area contributed by atoms with Crippen molar-refractivity contribution in [1.29, 1.82) is 0 Å². The highest BCUT2D eigenvalue weighted by molar-refractivity contribution is 6.31. The van der Waals surface area contributed by atoms with Gasteiger partial charge in [-0.2, -0.15) is 4.73 Å². The molecule has 2 aromatic carbocycles. The number of alkyl halides is 2. The van der Waals surface area contributed by atoms with Crippen molar-refractivity contribution in [3.63, 3.8) is 0 Å². The predicted molar refractivity (Wildman–Crippen MR) is 127 cm³/mol. The molecule has 188 valence electrons. The van der Waals surface area contributed by atoms with E-state index in [1.54, 1.807) is 0 Å². The number of aromatic carboxylic acids is 1. The van der Waals surface area contributed by atoms with Crippen molar-refractivity contribution in [3.8, 4) is 11.1 Å². The van der Waals surface area contributed by atoms with Crippen LogP contribution in [0.5, 0.6) is 0 Å². The Morgan fingerprint density at radius 3 is 2.39 bits per heavy atom. The molecule has 10 heteroatoms. The zero-order chi connectivity index (χ0) is 26.1. The van der Waals surface area contributed by atoms with E-state index in [1.807, 2.05) is 6.92 Å². The molecule has 4 rings (SSSR count). The molecule has 1 amide bonds. The molecule has 0 saturated heterocycles. The van der Waals surface area contributed by atoms with E-state index in [0.717, 1.165) is 24.8 Å². The van der Waals surface area contributed by atoms with Gasteiger partial charge in [0.05, 0.1) is 16.1 Å². The lowest BCUT2D eigenvalue weighted by atomic mass is 9.94. The highest BCUT2D eigenvalue weighted by Gasteiger charge is 2.40. The fourth-order valence-corrected chi connectivity index (χ4v) is 4.43. The van der Waals surface area contributed by atoms with Gasteiger partial charge in [0.1, 0.15) is 11.7 Å². The smallest absolute Gasteiger partial charge is 0.335 e. The molecular weight excluding hydrogens is 497 g/mol. The summed E-state index contributed by atoms with van der Waals surface area (Å²) in [5.41, 5.74) is -0.665. The van der Waals surface area contributed by atoms with Crippen molar-refractivity contribution in [2.75, 3.05) is 5.32 Å². The Morgan fingerprint density at radius 2 is 1.83 bits per heavy atom. The van der Waals surface area contributed by atoms with E-state index >= 15 is 0 Å². The molecule has 3 aromatic rings. The van der Waals surface area contributed by atoms with E-state index in [-0.39, 0.29) is 27.8 Å². The number of rotatable bonds is 8. The number of hydrogen-bond donors (Lipinski definition) is 2. The maximum Gasteiger partial charge on any atom is 0.335 e. The van der Waals surface area contributed by atoms with Gasteiger partial charge in [-0.15, -0.1) is 0 Å². The second kappa shape index (κ2) is 10.2. The fraction of sp³-hybridized carbons (Fsp3) is 0.269. The number of carboxylic acids is 1. The molecular formula is C26H22ClF3N2O4. The Bertz CT molecular complexity index is 1320. The van der Waals surface area contributed by atoms with Gasteiger partial charge in [0, 0.05) is 22.9 Å². The Morgan fingerprint density at radius 1 is 1.17 bits per heavy atom. The predicted octanol–water partition coefficient (Wildman–Crippen LogP) is 6.18. The zero-order valence-electron chi connectivity index (χ0n) is 19.1. The van der Waals surface area contributed by atoms with E-state index in [9.17, 15) is 28.0 Å². The number of amides is 1. The Balaban J connectivity index is 1.67. The summed E-state index contributed by atoms with van der Waals surface area (Å²) < 4.78 is 42.1. The van der Waals surface area contributed by atoms with Crippen LogP contribution in [-0.2, 0) is 4.79 Å². The molecule has 0 spiro atoms. The second-order valence-electron chi connectivity index (χ2n) is 8.93. The first-order chi connectivity index (χ1) is 17.1. The average Bonchev–Trinajstić information content (AvgIpc) is 3.53. The number of halogens is 4. The molecule has 1 aromatic heterocycles. The largest absolute Gasteiger partial charge is 0.618 e. The molecule has 1 fully saturated rings. The van der Waals surface area contributed by atoms with E-state index < -0.39 is 41.2 Å². The van der Waals surface area contributed by atoms with Gasteiger partial charge >= 0.3 is 5.97 Å². The van der Waals surface area contributed by atoms with Gasteiger partial charge < -0.3 is 15.6 Å². The first kappa shape index (κ1) is 25.5. The van der Waals surface area contributed by atoms with E-state index in [1.165, 1.54) is 36.4 Å². The van der Waals surface area contributed by atoms with Gasteiger partial charge in [0.2, 0.25) is 11.6 Å². The van der Waals surface area contributed by atoms with Crippen LogP contribution in [-0.4, -0.2) is 17.0 Å². The minimum absolute atomic E-state index is 0.0563. The normalized spacial score (nSPS) is 17.6. The standard InChI is InChI=1S/C26H22ClF3N2O4/c1-13-10-16(13)11-19(25(33)31-17-5-2-14(3-6-17)26(34)35)21-9-4-15(12-32(21)36)22-18(24(29)30)7-8-20(27)23(22)28/h2-9,12-13,16,19,24H,10-11H2,1H3,(H,31,33)(H,34,35). The first-order valence-corrected chi connectivity index (χ1v) is 11.6. The topological polar surface area (TPSA) is 93.3 Å². The van der Waals surface area contributed by atoms with Crippen LogP contribution in [0.15, 0.2) is 54.7 Å². The Kier molecular flexibility index (Phi) is 7.21. The lowest BCUT2D eigenvalue weighted by molar-refractivity contribution is -0.614. The highest BCUT2D eigenvalue weighted by atomic mass is 35.5. The lowest BCUT2D eigenvalue weighted by Gasteiger charge is -2.18. The van der Waals surface area contributed by atoms with Crippen LogP contribution < -0.4 is 10.0 Å². The molecule has 0 radical (unpaired) electrons. The lowest BCUT2D eigenvalue weighted by Crippen LogP contribution is -2.37. The van der Waals surface area contributed by atoms with Gasteiger partial charge in [-0.05, 0) is 61.1 Å². The summed E-state index contributed by atoms with van der Waals surface area (Å²) in [5.74, 6) is -2.89. The van der Waals surface area contributed by atoms with Crippen LogP contribution in [0.25, 0.3) is 11.1 Å². The van der Waals surface area contributed by atoms with Crippen LogP contribution in [0.3, 0.4) is 0 Å². The molecule has 1 saturated carbocycles. The number of anilines is 1. The van der Waals surface area contributed by atoms with Crippen molar-refractivity contribution in [2.45, 2.75) is 32.1 Å². The molecule has 1 heterocycles. The maximum atomic E-state index is 14.7. The van der Waals surface area contributed by atoms with Crippen molar-refractivity contribution in [1.82, 2.24) is 0 Å². The van der Waals surface area contributed by atoms with Gasteiger partial charge in [-0.25, -0.2) is 18.0 Å². The number of nitrogens with zero attached hydrogens (tertiary/aromatic N) is 1. The second-order valence-corrected chi connectivity index (χ2v) is 9.34. The van der Waals surface area contributed by atoms with Crippen LogP contribution in [0, 0.1) is 22.9 Å². The van der Waals surface area contributed by atoms with Gasteiger partial charge in [-0.3, -0.25) is 4.79 Å². The fourth-order valence-electron chi connectivity index (χ4n) is 4.27. The first-order valence-electron chi connectivity index (χ1n) is 11.2. The minimum Gasteiger partial charge on any atom is -0.618 e. The van der Waals surface area contributed by atoms with E-state index in [0.29, 0.717) is 22.8 Å². The summed E-state index contributed by atoms with van der Waals surface area (Å²) in [6.07, 6.45) is -0.738. The third-order valence-electron chi connectivity index (χ3n) is 6.48. The quantitative estimate of drug-likeness (QED) is 0.275. The number of carbonyl (C=O) groups is 2. The van der Waals surface area contributed by atoms with Crippen LogP contribution >= 0.6 is 11.6 Å². The number of nitrogens with one attached hydrogen (secondary N) is 1. The van der Waals surface area contributed by atoms with E-state index in [4.69, 9.17) is 16.7 Å². The molecule has 0 bridgehead atoms.